The molecule has 0 heterocycles. The van der Waals surface area contributed by atoms with Gasteiger partial charge in [-0.3, -0.25) is 4.79 Å². The van der Waals surface area contributed by atoms with Gasteiger partial charge in [0.15, 0.2) is 6.10 Å². The molecule has 0 saturated heterocycles. The van der Waals surface area contributed by atoms with E-state index in [0.717, 1.165) is 0 Å². The van der Waals surface area contributed by atoms with Gasteiger partial charge in [-0.05, 0) is 5.57 Å². The fourth-order valence-corrected chi connectivity index (χ4v) is 0.718. The van der Waals surface area contributed by atoms with Crippen LogP contribution in [0.1, 0.15) is 6.42 Å². The van der Waals surface area contributed by atoms with Crippen molar-refractivity contribution >= 4 is 17.9 Å². The molecule has 0 aliphatic carbocycles. The molecule has 0 spiro atoms. The van der Waals surface area contributed by atoms with Gasteiger partial charge in [-0.15, -0.1) is 0 Å². The molecule has 14 heavy (non-hydrogen) atoms. The van der Waals surface area contributed by atoms with Gasteiger partial charge < -0.3 is 20.4 Å². The zero-order valence-electron chi connectivity index (χ0n) is 6.88. The normalized spacial score (nSPS) is 13.4. The Bertz CT molecular complexity index is 290. The molecule has 0 aromatic rings. The van der Waals surface area contributed by atoms with Crippen LogP contribution >= 0.6 is 0 Å². The SMILES string of the molecule is O=C(O)/C=C(\CC(=O)O)[C@@H](O)C(=O)O. The van der Waals surface area contributed by atoms with E-state index >= 15 is 0 Å². The summed E-state index contributed by atoms with van der Waals surface area (Å²) >= 11 is 0. The monoisotopic (exact) mass is 204 g/mol. The molecule has 0 aromatic carbocycles. The van der Waals surface area contributed by atoms with Crippen molar-refractivity contribution in [1.29, 1.82) is 0 Å². The van der Waals surface area contributed by atoms with Crippen molar-refractivity contribution in [1.82, 2.24) is 0 Å². The van der Waals surface area contributed by atoms with Crippen LogP contribution in [0.4, 0.5) is 0 Å². The second kappa shape index (κ2) is 4.97. The predicted octanol–water partition coefficient (Wildman–Crippen LogP) is -1.08. The summed E-state index contributed by atoms with van der Waals surface area (Å²) in [5.74, 6) is -4.63. The molecule has 0 rings (SSSR count). The third-order valence-corrected chi connectivity index (χ3v) is 1.25. The number of aliphatic hydroxyl groups is 1. The highest BCUT2D eigenvalue weighted by molar-refractivity contribution is 5.86. The molecule has 1 atom stereocenters. The maximum atomic E-state index is 10.2. The highest BCUT2D eigenvalue weighted by atomic mass is 16.4. The van der Waals surface area contributed by atoms with E-state index in [-0.39, 0.29) is 0 Å². The molecule has 0 saturated carbocycles. The molecule has 0 unspecified atom stereocenters. The molecule has 0 aromatic heterocycles. The lowest BCUT2D eigenvalue weighted by Gasteiger charge is -2.07. The van der Waals surface area contributed by atoms with E-state index in [1.165, 1.54) is 0 Å². The van der Waals surface area contributed by atoms with Gasteiger partial charge in [0, 0.05) is 6.08 Å². The molecule has 7 nitrogen and oxygen atoms in total. The first-order valence-corrected chi connectivity index (χ1v) is 3.40. The largest absolute Gasteiger partial charge is 0.481 e. The second-order valence-corrected chi connectivity index (χ2v) is 2.37. The molecule has 0 bridgehead atoms. The molecule has 0 aliphatic rings. The van der Waals surface area contributed by atoms with Crippen LogP contribution in [0.3, 0.4) is 0 Å². The minimum absolute atomic E-state index is 0.368. The first-order chi connectivity index (χ1) is 6.34. The van der Waals surface area contributed by atoms with Crippen LogP contribution in [-0.2, 0) is 14.4 Å². The molecule has 0 radical (unpaired) electrons. The van der Waals surface area contributed by atoms with E-state index in [1.54, 1.807) is 0 Å². The first kappa shape index (κ1) is 12.1. The molecule has 7 heteroatoms. The molecule has 0 amide bonds. The van der Waals surface area contributed by atoms with Gasteiger partial charge in [-0.1, -0.05) is 0 Å². The Morgan fingerprint density at radius 1 is 1.14 bits per heavy atom. The summed E-state index contributed by atoms with van der Waals surface area (Å²) in [4.78, 5) is 30.6. The number of carboxylic acid groups (broad SMARTS) is 3. The molecular formula is C7H8O7. The van der Waals surface area contributed by atoms with Crippen molar-refractivity contribution in [3.05, 3.63) is 11.6 Å². The summed E-state index contributed by atoms with van der Waals surface area (Å²) in [5.41, 5.74) is -0.586. The standard InChI is InChI=1S/C7H8O7/c8-4(9)1-3(2-5(10)11)6(12)7(13)14/h1,6,12H,2H2,(H,8,9)(H,10,11)(H,13,14)/b3-1+/t6-/m1/s1. The third kappa shape index (κ3) is 4.21. The van der Waals surface area contributed by atoms with Gasteiger partial charge in [-0.2, -0.15) is 0 Å². The first-order valence-electron chi connectivity index (χ1n) is 3.40. The van der Waals surface area contributed by atoms with E-state index in [4.69, 9.17) is 20.4 Å². The number of aliphatic carboxylic acids is 3. The van der Waals surface area contributed by atoms with E-state index in [2.05, 4.69) is 0 Å². The Hall–Kier alpha value is -1.89. The Morgan fingerprint density at radius 2 is 1.64 bits per heavy atom. The van der Waals surface area contributed by atoms with Gasteiger partial charge >= 0.3 is 17.9 Å². The lowest BCUT2D eigenvalue weighted by atomic mass is 10.1. The van der Waals surface area contributed by atoms with E-state index in [1.807, 2.05) is 0 Å². The van der Waals surface area contributed by atoms with Gasteiger partial charge in [0.2, 0.25) is 0 Å². The summed E-state index contributed by atoms with van der Waals surface area (Å²) in [6, 6.07) is 0. The topological polar surface area (TPSA) is 132 Å². The Kier molecular flexibility index (Phi) is 4.30. The fraction of sp³-hybridized carbons (Fsp3) is 0.286. The number of hydrogen-bond acceptors (Lipinski definition) is 4. The summed E-state index contributed by atoms with van der Waals surface area (Å²) in [6.07, 6.45) is -2.57. The van der Waals surface area contributed by atoms with E-state index < -0.39 is 36.0 Å². The van der Waals surface area contributed by atoms with Crippen molar-refractivity contribution in [2.45, 2.75) is 12.5 Å². The summed E-state index contributed by atoms with van der Waals surface area (Å²) < 4.78 is 0. The predicted molar refractivity (Wildman–Crippen MR) is 41.6 cm³/mol. The summed E-state index contributed by atoms with van der Waals surface area (Å²) in [7, 11) is 0. The average Bonchev–Trinajstić information content (AvgIpc) is 1.99. The van der Waals surface area contributed by atoms with Crippen LogP contribution < -0.4 is 0 Å². The van der Waals surface area contributed by atoms with Gasteiger partial charge in [0.05, 0.1) is 6.42 Å². The average molecular weight is 204 g/mol. The van der Waals surface area contributed by atoms with Crippen LogP contribution in [0.5, 0.6) is 0 Å². The van der Waals surface area contributed by atoms with Crippen molar-refractivity contribution < 1.29 is 34.8 Å². The minimum atomic E-state index is -2.11. The van der Waals surface area contributed by atoms with Crippen LogP contribution in [0.2, 0.25) is 0 Å². The quantitative estimate of drug-likeness (QED) is 0.418. The maximum Gasteiger partial charge on any atom is 0.336 e. The van der Waals surface area contributed by atoms with Gasteiger partial charge in [-0.25, -0.2) is 9.59 Å². The van der Waals surface area contributed by atoms with Crippen LogP contribution in [-0.4, -0.2) is 44.4 Å². The number of rotatable bonds is 5. The highest BCUT2D eigenvalue weighted by Gasteiger charge is 2.21. The van der Waals surface area contributed by atoms with Crippen LogP contribution in [0.25, 0.3) is 0 Å². The van der Waals surface area contributed by atoms with E-state index in [9.17, 15) is 14.4 Å². The lowest BCUT2D eigenvalue weighted by molar-refractivity contribution is -0.144. The molecule has 0 fully saturated rings. The summed E-state index contributed by atoms with van der Waals surface area (Å²) in [5, 5.41) is 33.7. The van der Waals surface area contributed by atoms with Gasteiger partial charge in [0.1, 0.15) is 0 Å². The zero-order valence-corrected chi connectivity index (χ0v) is 6.88. The number of hydrogen-bond donors (Lipinski definition) is 4. The molecule has 78 valence electrons. The van der Waals surface area contributed by atoms with Crippen LogP contribution in [0, 0.1) is 0 Å². The van der Waals surface area contributed by atoms with Crippen LogP contribution in [0.15, 0.2) is 11.6 Å². The molecule has 4 N–H and O–H groups in total. The van der Waals surface area contributed by atoms with Crippen molar-refractivity contribution in [3.8, 4) is 0 Å². The summed E-state index contributed by atoms with van der Waals surface area (Å²) in [6.45, 7) is 0. The van der Waals surface area contributed by atoms with Crippen molar-refractivity contribution in [2.75, 3.05) is 0 Å². The minimum Gasteiger partial charge on any atom is -0.481 e. The highest BCUT2D eigenvalue weighted by Crippen LogP contribution is 2.08. The Labute approximate surface area is 77.9 Å². The number of carboxylic acids is 3. The lowest BCUT2D eigenvalue weighted by Crippen LogP contribution is -2.24. The molecule has 0 aliphatic heterocycles. The zero-order chi connectivity index (χ0) is 11.3. The number of aliphatic hydroxyl groups excluding tert-OH is 1. The second-order valence-electron chi connectivity index (χ2n) is 2.37. The smallest absolute Gasteiger partial charge is 0.336 e. The third-order valence-electron chi connectivity index (χ3n) is 1.25. The number of carbonyl (C=O) groups is 3. The van der Waals surface area contributed by atoms with Gasteiger partial charge in [0.25, 0.3) is 0 Å². The molecular weight excluding hydrogens is 196 g/mol. The van der Waals surface area contributed by atoms with Crippen molar-refractivity contribution in [2.24, 2.45) is 0 Å². The van der Waals surface area contributed by atoms with E-state index in [0.29, 0.717) is 6.08 Å². The van der Waals surface area contributed by atoms with Crippen molar-refractivity contribution in [3.63, 3.8) is 0 Å². The fourth-order valence-electron chi connectivity index (χ4n) is 0.718. The maximum absolute atomic E-state index is 10.2. The Morgan fingerprint density at radius 3 is 1.93 bits per heavy atom. The Balaban J connectivity index is 4.81.